The van der Waals surface area contributed by atoms with Gasteiger partial charge in [0.15, 0.2) is 5.78 Å². The highest BCUT2D eigenvalue weighted by atomic mass is 32.2. The van der Waals surface area contributed by atoms with Crippen molar-refractivity contribution in [1.82, 2.24) is 10.2 Å². The van der Waals surface area contributed by atoms with E-state index in [4.69, 9.17) is 4.42 Å². The van der Waals surface area contributed by atoms with E-state index >= 15 is 0 Å². The van der Waals surface area contributed by atoms with Crippen LogP contribution in [0.15, 0.2) is 57.8 Å². The van der Waals surface area contributed by atoms with Crippen molar-refractivity contribution in [1.29, 1.82) is 0 Å². The van der Waals surface area contributed by atoms with Gasteiger partial charge >= 0.3 is 6.01 Å². The van der Waals surface area contributed by atoms with Gasteiger partial charge in [-0.2, -0.15) is 0 Å². The fourth-order valence-electron chi connectivity index (χ4n) is 2.17. The first kappa shape index (κ1) is 16.9. The summed E-state index contributed by atoms with van der Waals surface area (Å²) < 4.78 is 5.51. The Morgan fingerprint density at radius 3 is 2.44 bits per heavy atom. The number of carbonyl (C=O) groups excluding carboxylic acids is 2. The summed E-state index contributed by atoms with van der Waals surface area (Å²) in [5.74, 6) is -0.109. The second-order valence-electron chi connectivity index (χ2n) is 5.23. The molecule has 0 saturated heterocycles. The number of Topliss-reactive ketones (excluding diaryl/α,β-unsaturated/α-hetero) is 1. The SMILES string of the molecule is CSc1cccc(-c2nnc(NC(=O)c3ccc(C(C)=O)cc3)o2)c1. The Morgan fingerprint density at radius 2 is 1.76 bits per heavy atom. The van der Waals surface area contributed by atoms with E-state index in [-0.39, 0.29) is 17.7 Å². The lowest BCUT2D eigenvalue weighted by Gasteiger charge is -2.02. The van der Waals surface area contributed by atoms with Crippen LogP contribution in [-0.4, -0.2) is 28.1 Å². The molecule has 0 unspecified atom stereocenters. The Morgan fingerprint density at radius 1 is 1.04 bits per heavy atom. The zero-order chi connectivity index (χ0) is 17.8. The minimum absolute atomic E-state index is 0.0187. The molecule has 0 radical (unpaired) electrons. The van der Waals surface area contributed by atoms with Gasteiger partial charge in [0.05, 0.1) is 0 Å². The van der Waals surface area contributed by atoms with Crippen LogP contribution in [0, 0.1) is 0 Å². The number of hydrogen-bond donors (Lipinski definition) is 1. The van der Waals surface area contributed by atoms with Crippen molar-refractivity contribution in [3.8, 4) is 11.5 Å². The van der Waals surface area contributed by atoms with Crippen LogP contribution in [0.4, 0.5) is 6.01 Å². The number of ketones is 1. The van der Waals surface area contributed by atoms with Crippen LogP contribution >= 0.6 is 11.8 Å². The number of hydrogen-bond acceptors (Lipinski definition) is 6. The van der Waals surface area contributed by atoms with E-state index in [2.05, 4.69) is 15.5 Å². The molecule has 0 aliphatic carbocycles. The van der Waals surface area contributed by atoms with Gasteiger partial charge in [0.25, 0.3) is 5.91 Å². The molecule has 1 heterocycles. The summed E-state index contributed by atoms with van der Waals surface area (Å²) >= 11 is 1.61. The molecule has 1 amide bonds. The largest absolute Gasteiger partial charge is 0.403 e. The highest BCUT2D eigenvalue weighted by Crippen LogP contribution is 2.24. The van der Waals surface area contributed by atoms with Gasteiger partial charge in [0.2, 0.25) is 5.89 Å². The highest BCUT2D eigenvalue weighted by molar-refractivity contribution is 7.98. The summed E-state index contributed by atoms with van der Waals surface area (Å²) in [6.45, 7) is 1.47. The van der Waals surface area contributed by atoms with Gasteiger partial charge < -0.3 is 4.42 Å². The third kappa shape index (κ3) is 3.95. The molecule has 1 N–H and O–H groups in total. The van der Waals surface area contributed by atoms with E-state index in [1.54, 1.807) is 36.0 Å². The second kappa shape index (κ2) is 7.31. The topological polar surface area (TPSA) is 85.1 Å². The number of thioether (sulfide) groups is 1. The molecule has 0 bridgehead atoms. The van der Waals surface area contributed by atoms with Crippen LogP contribution in [-0.2, 0) is 0 Å². The molecule has 7 heteroatoms. The maximum Gasteiger partial charge on any atom is 0.322 e. The van der Waals surface area contributed by atoms with E-state index in [1.165, 1.54) is 6.92 Å². The summed E-state index contributed by atoms with van der Waals surface area (Å²) in [6, 6.07) is 14.1. The molecule has 0 saturated carbocycles. The number of carbonyl (C=O) groups is 2. The quantitative estimate of drug-likeness (QED) is 0.553. The molecule has 0 spiro atoms. The van der Waals surface area contributed by atoms with Gasteiger partial charge in [-0.1, -0.05) is 23.3 Å². The Balaban J connectivity index is 1.74. The van der Waals surface area contributed by atoms with Gasteiger partial charge in [-0.05, 0) is 43.5 Å². The third-order valence-corrected chi connectivity index (χ3v) is 4.24. The minimum atomic E-state index is -0.386. The molecular formula is C18H15N3O3S. The lowest BCUT2D eigenvalue weighted by molar-refractivity contribution is 0.100. The van der Waals surface area contributed by atoms with Gasteiger partial charge in [0, 0.05) is 21.6 Å². The first-order valence-corrected chi connectivity index (χ1v) is 8.69. The summed E-state index contributed by atoms with van der Waals surface area (Å²) in [7, 11) is 0. The van der Waals surface area contributed by atoms with Crippen molar-refractivity contribution in [3.63, 3.8) is 0 Å². The number of benzene rings is 2. The highest BCUT2D eigenvalue weighted by Gasteiger charge is 2.13. The number of nitrogens with one attached hydrogen (secondary N) is 1. The Hall–Kier alpha value is -2.93. The molecule has 2 aromatic carbocycles. The first-order valence-electron chi connectivity index (χ1n) is 7.47. The number of aromatic nitrogens is 2. The maximum atomic E-state index is 12.2. The fraction of sp³-hybridized carbons (Fsp3) is 0.111. The summed E-state index contributed by atoms with van der Waals surface area (Å²) in [5.41, 5.74) is 1.73. The molecule has 0 atom stereocenters. The molecular weight excluding hydrogens is 338 g/mol. The number of nitrogens with zero attached hydrogens (tertiary/aromatic N) is 2. The zero-order valence-electron chi connectivity index (χ0n) is 13.6. The lowest BCUT2D eigenvalue weighted by atomic mass is 10.1. The smallest absolute Gasteiger partial charge is 0.322 e. The number of amides is 1. The van der Waals surface area contributed by atoms with E-state index in [0.29, 0.717) is 17.0 Å². The van der Waals surface area contributed by atoms with Crippen molar-refractivity contribution in [2.45, 2.75) is 11.8 Å². The maximum absolute atomic E-state index is 12.2. The van der Waals surface area contributed by atoms with Crippen molar-refractivity contribution >= 4 is 29.5 Å². The van der Waals surface area contributed by atoms with Gasteiger partial charge in [-0.3, -0.25) is 14.9 Å². The van der Waals surface area contributed by atoms with Crippen LogP contribution in [0.2, 0.25) is 0 Å². The fourth-order valence-corrected chi connectivity index (χ4v) is 2.63. The van der Waals surface area contributed by atoms with Crippen molar-refractivity contribution in [3.05, 3.63) is 59.7 Å². The van der Waals surface area contributed by atoms with Crippen LogP contribution < -0.4 is 5.32 Å². The predicted octanol–water partition coefficient (Wildman–Crippen LogP) is 3.91. The van der Waals surface area contributed by atoms with Crippen molar-refractivity contribution in [2.24, 2.45) is 0 Å². The first-order chi connectivity index (χ1) is 12.1. The molecule has 6 nitrogen and oxygen atoms in total. The Labute approximate surface area is 148 Å². The normalized spacial score (nSPS) is 10.5. The van der Waals surface area contributed by atoms with Gasteiger partial charge in [-0.25, -0.2) is 0 Å². The third-order valence-electron chi connectivity index (χ3n) is 3.52. The van der Waals surface area contributed by atoms with E-state index in [1.807, 2.05) is 30.5 Å². The Kier molecular flexibility index (Phi) is 4.95. The molecule has 3 rings (SSSR count). The predicted molar refractivity (Wildman–Crippen MR) is 95.9 cm³/mol. The summed E-state index contributed by atoms with van der Waals surface area (Å²) in [6.07, 6.45) is 1.98. The van der Waals surface area contributed by atoms with Crippen LogP contribution in [0.5, 0.6) is 0 Å². The number of anilines is 1. The molecule has 0 aliphatic rings. The van der Waals surface area contributed by atoms with Crippen molar-refractivity contribution < 1.29 is 14.0 Å². The van der Waals surface area contributed by atoms with Crippen LogP contribution in [0.25, 0.3) is 11.5 Å². The monoisotopic (exact) mass is 353 g/mol. The van der Waals surface area contributed by atoms with Crippen LogP contribution in [0.1, 0.15) is 27.6 Å². The Bertz CT molecular complexity index is 919. The molecule has 0 fully saturated rings. The van der Waals surface area contributed by atoms with E-state index in [0.717, 1.165) is 10.5 Å². The molecule has 25 heavy (non-hydrogen) atoms. The zero-order valence-corrected chi connectivity index (χ0v) is 14.5. The average Bonchev–Trinajstić information content (AvgIpc) is 3.10. The average molecular weight is 353 g/mol. The van der Waals surface area contributed by atoms with Gasteiger partial charge in [-0.15, -0.1) is 16.9 Å². The molecule has 0 aliphatic heterocycles. The molecule has 1 aromatic heterocycles. The summed E-state index contributed by atoms with van der Waals surface area (Å²) in [5, 5.41) is 10.4. The van der Waals surface area contributed by atoms with E-state index in [9.17, 15) is 9.59 Å². The molecule has 126 valence electrons. The standard InChI is InChI=1S/C18H15N3O3S/c1-11(22)12-6-8-13(9-7-12)16(23)19-18-21-20-17(24-18)14-4-3-5-15(10-14)25-2/h3-10H,1-2H3,(H,19,21,23). The van der Waals surface area contributed by atoms with Crippen LogP contribution in [0.3, 0.4) is 0 Å². The summed E-state index contributed by atoms with van der Waals surface area (Å²) in [4.78, 5) is 24.6. The van der Waals surface area contributed by atoms with E-state index < -0.39 is 0 Å². The lowest BCUT2D eigenvalue weighted by Crippen LogP contribution is -2.12. The minimum Gasteiger partial charge on any atom is -0.403 e. The van der Waals surface area contributed by atoms with Gasteiger partial charge in [0.1, 0.15) is 0 Å². The second-order valence-corrected chi connectivity index (χ2v) is 6.11. The number of rotatable bonds is 5. The van der Waals surface area contributed by atoms with Crippen molar-refractivity contribution in [2.75, 3.05) is 11.6 Å². The molecule has 3 aromatic rings.